The summed E-state index contributed by atoms with van der Waals surface area (Å²) >= 11 is 3.37. The van der Waals surface area contributed by atoms with E-state index in [1.807, 2.05) is 49.4 Å². The maximum absolute atomic E-state index is 13.4. The average molecular weight is 513 g/mol. The molecule has 0 heterocycles. The van der Waals surface area contributed by atoms with Gasteiger partial charge >= 0.3 is 0 Å². The number of rotatable bonds is 10. The number of nitrogens with zero attached hydrogens (tertiary/aromatic N) is 1. The Hall–Kier alpha value is -3.19. The van der Waals surface area contributed by atoms with E-state index < -0.39 is 6.04 Å². The van der Waals surface area contributed by atoms with Crippen molar-refractivity contribution >= 4 is 27.7 Å². The molecule has 1 atom stereocenters. The molecule has 0 fully saturated rings. The number of ether oxygens (including phenoxy) is 1. The molecule has 0 saturated heterocycles. The Labute approximate surface area is 201 Å². The van der Waals surface area contributed by atoms with Crippen molar-refractivity contribution in [2.24, 2.45) is 0 Å². The molecule has 3 aromatic carbocycles. The van der Waals surface area contributed by atoms with Crippen LogP contribution >= 0.6 is 15.9 Å². The molecule has 3 aromatic rings. The van der Waals surface area contributed by atoms with Crippen LogP contribution in [-0.2, 0) is 22.6 Å². The van der Waals surface area contributed by atoms with Gasteiger partial charge in [0.1, 0.15) is 17.6 Å². The van der Waals surface area contributed by atoms with Crippen LogP contribution in [0.5, 0.6) is 5.75 Å². The van der Waals surface area contributed by atoms with E-state index in [0.29, 0.717) is 18.7 Å². The summed E-state index contributed by atoms with van der Waals surface area (Å²) in [4.78, 5) is 27.9. The van der Waals surface area contributed by atoms with Crippen LogP contribution in [0.3, 0.4) is 0 Å². The van der Waals surface area contributed by atoms with E-state index in [1.54, 1.807) is 24.3 Å². The van der Waals surface area contributed by atoms with Crippen molar-refractivity contribution in [1.29, 1.82) is 0 Å². The van der Waals surface area contributed by atoms with Gasteiger partial charge in [-0.2, -0.15) is 0 Å². The largest absolute Gasteiger partial charge is 0.484 e. The second-order valence-corrected chi connectivity index (χ2v) is 8.41. The normalized spacial score (nSPS) is 11.5. The molecule has 3 rings (SSSR count). The molecule has 1 N–H and O–H groups in total. The number of carbonyl (C=O) groups is 2. The summed E-state index contributed by atoms with van der Waals surface area (Å²) in [6, 6.07) is 21.9. The minimum absolute atomic E-state index is 0.150. The molecule has 0 aliphatic heterocycles. The smallest absolute Gasteiger partial charge is 0.261 e. The number of nitrogens with one attached hydrogen (secondary N) is 1. The van der Waals surface area contributed by atoms with E-state index in [4.69, 9.17) is 4.74 Å². The third kappa shape index (κ3) is 7.43. The van der Waals surface area contributed by atoms with Gasteiger partial charge in [0.15, 0.2) is 6.61 Å². The maximum Gasteiger partial charge on any atom is 0.261 e. The van der Waals surface area contributed by atoms with Crippen LogP contribution < -0.4 is 10.1 Å². The zero-order valence-electron chi connectivity index (χ0n) is 18.3. The predicted molar refractivity (Wildman–Crippen MR) is 129 cm³/mol. The molecule has 33 heavy (non-hydrogen) atoms. The molecule has 2 amide bonds. The highest BCUT2D eigenvalue weighted by Gasteiger charge is 2.30. The minimum atomic E-state index is -0.751. The molecule has 5 nitrogen and oxygen atoms in total. The molecule has 0 aromatic heterocycles. The number of carbonyl (C=O) groups excluding carboxylic acids is 2. The number of hydrogen-bond acceptors (Lipinski definition) is 3. The van der Waals surface area contributed by atoms with Crippen molar-refractivity contribution in [3.05, 3.63) is 100 Å². The topological polar surface area (TPSA) is 58.6 Å². The van der Waals surface area contributed by atoms with Crippen LogP contribution in [0.2, 0.25) is 0 Å². The lowest BCUT2D eigenvalue weighted by Crippen LogP contribution is -2.51. The summed E-state index contributed by atoms with van der Waals surface area (Å²) in [5.74, 6) is -0.402. The van der Waals surface area contributed by atoms with E-state index >= 15 is 0 Å². The molecule has 0 radical (unpaired) electrons. The van der Waals surface area contributed by atoms with Crippen molar-refractivity contribution in [2.75, 3.05) is 13.2 Å². The van der Waals surface area contributed by atoms with E-state index in [9.17, 15) is 14.0 Å². The van der Waals surface area contributed by atoms with Crippen LogP contribution in [0.1, 0.15) is 18.1 Å². The first-order valence-corrected chi connectivity index (χ1v) is 11.5. The van der Waals surface area contributed by atoms with E-state index in [2.05, 4.69) is 21.2 Å². The zero-order valence-corrected chi connectivity index (χ0v) is 19.9. The highest BCUT2D eigenvalue weighted by molar-refractivity contribution is 9.10. The first kappa shape index (κ1) is 24.5. The van der Waals surface area contributed by atoms with Gasteiger partial charge in [0, 0.05) is 24.0 Å². The van der Waals surface area contributed by atoms with Crippen LogP contribution in [0.25, 0.3) is 0 Å². The van der Waals surface area contributed by atoms with Gasteiger partial charge in [-0.05, 0) is 54.4 Å². The second-order valence-electron chi connectivity index (χ2n) is 7.49. The zero-order chi connectivity index (χ0) is 23.6. The van der Waals surface area contributed by atoms with Gasteiger partial charge in [0.05, 0.1) is 0 Å². The van der Waals surface area contributed by atoms with E-state index in [1.165, 1.54) is 17.0 Å². The number of likely N-dealkylation sites (N-methyl/N-ethyl adjacent to an activating group) is 1. The number of halogens is 2. The monoisotopic (exact) mass is 512 g/mol. The Morgan fingerprint density at radius 2 is 1.64 bits per heavy atom. The van der Waals surface area contributed by atoms with Crippen LogP contribution in [0.15, 0.2) is 83.3 Å². The Morgan fingerprint density at radius 1 is 0.970 bits per heavy atom. The molecule has 0 bridgehead atoms. The minimum Gasteiger partial charge on any atom is -0.484 e. The third-order valence-electron chi connectivity index (χ3n) is 5.06. The predicted octanol–water partition coefficient (Wildman–Crippen LogP) is 4.74. The van der Waals surface area contributed by atoms with Crippen molar-refractivity contribution < 1.29 is 18.7 Å². The molecular formula is C26H26BrFN2O3. The van der Waals surface area contributed by atoms with Gasteiger partial charge in [-0.3, -0.25) is 9.59 Å². The summed E-state index contributed by atoms with van der Waals surface area (Å²) in [7, 11) is 0. The molecular weight excluding hydrogens is 487 g/mol. The Bertz CT molecular complexity index is 1040. The van der Waals surface area contributed by atoms with Crippen LogP contribution in [0.4, 0.5) is 4.39 Å². The van der Waals surface area contributed by atoms with Crippen molar-refractivity contribution in [1.82, 2.24) is 10.2 Å². The highest BCUT2D eigenvalue weighted by atomic mass is 79.9. The first-order chi connectivity index (χ1) is 16.0. The lowest BCUT2D eigenvalue weighted by Gasteiger charge is -2.31. The molecule has 0 saturated carbocycles. The Morgan fingerprint density at radius 3 is 2.27 bits per heavy atom. The Kier molecular flexibility index (Phi) is 9.01. The fourth-order valence-corrected chi connectivity index (χ4v) is 3.66. The van der Waals surface area contributed by atoms with Gasteiger partial charge in [-0.15, -0.1) is 0 Å². The molecule has 0 unspecified atom stereocenters. The second kappa shape index (κ2) is 12.2. The first-order valence-electron chi connectivity index (χ1n) is 10.7. The molecule has 0 aliphatic rings. The summed E-state index contributed by atoms with van der Waals surface area (Å²) in [6.45, 7) is 2.20. The van der Waals surface area contributed by atoms with Crippen molar-refractivity contribution in [3.63, 3.8) is 0 Å². The third-order valence-corrected chi connectivity index (χ3v) is 5.59. The number of benzene rings is 3. The quantitative estimate of drug-likeness (QED) is 0.426. The maximum atomic E-state index is 13.4. The lowest BCUT2D eigenvalue weighted by atomic mass is 10.0. The fourth-order valence-electron chi connectivity index (χ4n) is 3.39. The molecule has 0 aliphatic carbocycles. The van der Waals surface area contributed by atoms with Crippen molar-refractivity contribution in [2.45, 2.75) is 25.9 Å². The SMILES string of the molecule is CCNC(=O)[C@@H](Cc1ccccc1)N(Cc1ccc(F)cc1)C(=O)COc1ccc(Br)cc1. The van der Waals surface area contributed by atoms with Crippen LogP contribution in [0, 0.1) is 5.82 Å². The lowest BCUT2D eigenvalue weighted by molar-refractivity contribution is -0.142. The molecule has 0 spiro atoms. The highest BCUT2D eigenvalue weighted by Crippen LogP contribution is 2.18. The average Bonchev–Trinajstić information content (AvgIpc) is 2.82. The van der Waals surface area contributed by atoms with Gasteiger partial charge in [-0.25, -0.2) is 4.39 Å². The van der Waals surface area contributed by atoms with E-state index in [-0.39, 0.29) is 30.8 Å². The Balaban J connectivity index is 1.87. The van der Waals surface area contributed by atoms with Gasteiger partial charge in [0.2, 0.25) is 5.91 Å². The van der Waals surface area contributed by atoms with E-state index in [0.717, 1.165) is 15.6 Å². The standard InChI is InChI=1S/C26H26BrFN2O3/c1-2-29-26(32)24(16-19-6-4-3-5-7-19)30(17-20-8-12-22(28)13-9-20)25(31)18-33-23-14-10-21(27)11-15-23/h3-15,24H,2,16-18H2,1H3,(H,29,32)/t24-/m1/s1. The fraction of sp³-hybridized carbons (Fsp3) is 0.231. The van der Waals surface area contributed by atoms with Gasteiger partial charge in [0.25, 0.3) is 5.91 Å². The molecule has 7 heteroatoms. The summed E-state index contributed by atoms with van der Waals surface area (Å²) in [5.41, 5.74) is 1.65. The van der Waals surface area contributed by atoms with Gasteiger partial charge in [-0.1, -0.05) is 58.4 Å². The summed E-state index contributed by atoms with van der Waals surface area (Å²) in [6.07, 6.45) is 0.345. The van der Waals surface area contributed by atoms with Crippen LogP contribution in [-0.4, -0.2) is 35.9 Å². The van der Waals surface area contributed by atoms with Crippen molar-refractivity contribution in [3.8, 4) is 5.75 Å². The number of hydrogen-bond donors (Lipinski definition) is 1. The summed E-state index contributed by atoms with van der Waals surface area (Å²) in [5, 5.41) is 2.84. The molecule has 172 valence electrons. The summed E-state index contributed by atoms with van der Waals surface area (Å²) < 4.78 is 20.0. The number of amides is 2. The van der Waals surface area contributed by atoms with Gasteiger partial charge < -0.3 is 15.0 Å².